The summed E-state index contributed by atoms with van der Waals surface area (Å²) >= 11 is 0. The fraction of sp³-hybridized carbons (Fsp3) is 0.946. The number of nitrogens with zero attached hydrogens (tertiary/aromatic N) is 1. The SMILES string of the molecule is CCC1OC(=O)[C@H](C)[C@H](O[C@H]2C[C@@](C)(OC)[C@@H](O)[C@H](C)O2)[C@@H](C)[C@H](O[C@@H]2O[C@H](C)C[C@H](N(C)C)[C@H]2O)[C@@](C)(O)C[C@H](C)C(=O)[C@@H](C)[C@H](O)[C@@]1(C)O. The van der Waals surface area contributed by atoms with Crippen LogP contribution in [0.25, 0.3) is 0 Å². The first-order valence-corrected chi connectivity index (χ1v) is 18.5. The smallest absolute Gasteiger partial charge is 0.311 e. The lowest BCUT2D eigenvalue weighted by atomic mass is 9.74. The lowest BCUT2D eigenvalue weighted by molar-refractivity contribution is -0.318. The summed E-state index contributed by atoms with van der Waals surface area (Å²) in [5.74, 6) is -4.98. The predicted molar refractivity (Wildman–Crippen MR) is 186 cm³/mol. The molecule has 14 heteroatoms. The number of carbonyl (C=O) groups is 2. The van der Waals surface area contributed by atoms with Gasteiger partial charge in [0.25, 0.3) is 0 Å². The number of ketones is 1. The highest BCUT2D eigenvalue weighted by atomic mass is 16.7. The van der Waals surface area contributed by atoms with Gasteiger partial charge in [-0.25, -0.2) is 0 Å². The van der Waals surface area contributed by atoms with Gasteiger partial charge in [-0.2, -0.15) is 0 Å². The molecule has 0 aromatic carbocycles. The molecule has 3 aliphatic heterocycles. The van der Waals surface area contributed by atoms with E-state index in [0.717, 1.165) is 0 Å². The lowest BCUT2D eigenvalue weighted by Gasteiger charge is -2.49. The van der Waals surface area contributed by atoms with Gasteiger partial charge in [0.1, 0.15) is 29.7 Å². The number of hydrogen-bond donors (Lipinski definition) is 5. The number of Topliss-reactive ketones (excluding diaryl/α,β-unsaturated/α-hetero) is 1. The Kier molecular flexibility index (Phi) is 14.7. The molecule has 3 fully saturated rings. The zero-order chi connectivity index (χ0) is 39.0. The van der Waals surface area contributed by atoms with Crippen LogP contribution < -0.4 is 0 Å². The summed E-state index contributed by atoms with van der Waals surface area (Å²) in [5, 5.41) is 57.6. The van der Waals surface area contributed by atoms with Crippen molar-refractivity contribution in [2.24, 2.45) is 23.7 Å². The van der Waals surface area contributed by atoms with Crippen molar-refractivity contribution in [1.29, 1.82) is 0 Å². The third kappa shape index (κ3) is 9.51. The zero-order valence-corrected chi connectivity index (χ0v) is 32.9. The topological polar surface area (TPSA) is 194 Å². The van der Waals surface area contributed by atoms with Gasteiger partial charge in [0.15, 0.2) is 12.6 Å². The molecule has 298 valence electrons. The van der Waals surface area contributed by atoms with Crippen LogP contribution in [0.2, 0.25) is 0 Å². The van der Waals surface area contributed by atoms with Crippen LogP contribution in [0.4, 0.5) is 0 Å². The second-order valence-corrected chi connectivity index (χ2v) is 16.5. The minimum atomic E-state index is -1.99. The van der Waals surface area contributed by atoms with Gasteiger partial charge in [-0.3, -0.25) is 9.59 Å². The molecule has 1 unspecified atom stereocenters. The van der Waals surface area contributed by atoms with Crippen LogP contribution in [0.1, 0.15) is 94.9 Å². The molecule has 3 aliphatic rings. The number of aliphatic hydroxyl groups excluding tert-OH is 3. The Hall–Kier alpha value is -1.30. The molecular formula is C37H67NO13. The molecule has 0 bridgehead atoms. The maximum atomic E-state index is 14.1. The maximum absolute atomic E-state index is 14.1. The zero-order valence-electron chi connectivity index (χ0n) is 32.9. The number of hydrogen-bond acceptors (Lipinski definition) is 14. The van der Waals surface area contributed by atoms with Crippen molar-refractivity contribution < 1.29 is 63.5 Å². The molecule has 0 aromatic rings. The largest absolute Gasteiger partial charge is 0.459 e. The Morgan fingerprint density at radius 2 is 1.49 bits per heavy atom. The molecule has 3 saturated heterocycles. The number of likely N-dealkylation sites (N-methyl/N-ethyl adjacent to an activating group) is 1. The summed E-state index contributed by atoms with van der Waals surface area (Å²) in [4.78, 5) is 29.8. The van der Waals surface area contributed by atoms with Crippen molar-refractivity contribution in [3.05, 3.63) is 0 Å². The molecule has 3 rings (SSSR count). The summed E-state index contributed by atoms with van der Waals surface area (Å²) < 4.78 is 37.1. The molecular weight excluding hydrogens is 666 g/mol. The second kappa shape index (κ2) is 17.0. The number of esters is 1. The number of carbonyl (C=O) groups excluding carboxylic acids is 2. The molecule has 14 nitrogen and oxygen atoms in total. The molecule has 0 amide bonds. The summed E-state index contributed by atoms with van der Waals surface area (Å²) in [5.41, 5.74) is -4.84. The Morgan fingerprint density at radius 3 is 2.04 bits per heavy atom. The number of cyclic esters (lactones) is 1. The van der Waals surface area contributed by atoms with E-state index in [0.29, 0.717) is 6.42 Å². The first-order valence-electron chi connectivity index (χ1n) is 18.5. The van der Waals surface area contributed by atoms with Crippen LogP contribution in [-0.2, 0) is 38.0 Å². The Labute approximate surface area is 304 Å². The van der Waals surface area contributed by atoms with Gasteiger partial charge in [0.05, 0.1) is 47.6 Å². The fourth-order valence-electron chi connectivity index (χ4n) is 8.41. The van der Waals surface area contributed by atoms with Crippen LogP contribution in [0.15, 0.2) is 0 Å². The van der Waals surface area contributed by atoms with Gasteiger partial charge in [-0.05, 0) is 74.9 Å². The van der Waals surface area contributed by atoms with E-state index in [4.69, 9.17) is 28.4 Å². The highest BCUT2D eigenvalue weighted by Crippen LogP contribution is 2.40. The standard InChI is InChI=1S/C37H67NO13/c1-14-25-37(10,45)30(41)20(4)27(39)18(2)16-35(8,44)32(51-34-28(40)24(38(11)12)15-19(3)47-34)21(5)29(22(6)33(43)49-25)50-26-17-36(9,46-13)31(42)23(7)48-26/h18-26,28-32,34,40-42,44-45H,14-17H2,1-13H3/t18-,19+,20+,21+,22+,23-,24-,25?,26-,28+,29+,30-,31-,32-,34-,35-,36+,37-/m0/s1. The van der Waals surface area contributed by atoms with E-state index in [2.05, 4.69) is 0 Å². The first-order chi connectivity index (χ1) is 23.4. The highest BCUT2D eigenvalue weighted by Gasteiger charge is 2.53. The number of methoxy groups -OCH3 is 1. The Bertz CT molecular complexity index is 1170. The number of rotatable bonds is 7. The average molecular weight is 734 g/mol. The molecule has 0 aliphatic carbocycles. The van der Waals surface area contributed by atoms with E-state index < -0.39 is 108 Å². The van der Waals surface area contributed by atoms with E-state index in [9.17, 15) is 35.1 Å². The van der Waals surface area contributed by atoms with Crippen LogP contribution in [0.3, 0.4) is 0 Å². The highest BCUT2D eigenvalue weighted by molar-refractivity contribution is 5.83. The van der Waals surface area contributed by atoms with E-state index >= 15 is 0 Å². The summed E-state index contributed by atoms with van der Waals surface area (Å²) in [7, 11) is 5.18. The summed E-state index contributed by atoms with van der Waals surface area (Å²) in [6.07, 6.45) is -9.71. The van der Waals surface area contributed by atoms with Crippen LogP contribution in [0.5, 0.6) is 0 Å². The molecule has 18 atom stereocenters. The minimum Gasteiger partial charge on any atom is -0.459 e. The van der Waals surface area contributed by atoms with Gasteiger partial charge in [-0.1, -0.05) is 27.7 Å². The lowest BCUT2D eigenvalue weighted by Crippen LogP contribution is -2.61. The quantitative estimate of drug-likeness (QED) is 0.238. The van der Waals surface area contributed by atoms with E-state index in [1.54, 1.807) is 41.5 Å². The van der Waals surface area contributed by atoms with Crippen LogP contribution >= 0.6 is 0 Å². The summed E-state index contributed by atoms with van der Waals surface area (Å²) in [6.45, 7) is 16.3. The van der Waals surface area contributed by atoms with E-state index in [1.165, 1.54) is 27.9 Å². The third-order valence-electron chi connectivity index (χ3n) is 11.8. The number of aliphatic hydroxyl groups is 5. The Morgan fingerprint density at radius 1 is 0.882 bits per heavy atom. The van der Waals surface area contributed by atoms with Gasteiger partial charge in [0.2, 0.25) is 0 Å². The van der Waals surface area contributed by atoms with Crippen molar-refractivity contribution >= 4 is 11.8 Å². The van der Waals surface area contributed by atoms with E-state index in [1.807, 2.05) is 25.9 Å². The Balaban J connectivity index is 2.18. The molecule has 0 saturated carbocycles. The first kappa shape index (κ1) is 44.1. The molecule has 5 N–H and O–H groups in total. The van der Waals surface area contributed by atoms with Crippen molar-refractivity contribution in [1.82, 2.24) is 4.90 Å². The molecule has 0 aromatic heterocycles. The van der Waals surface area contributed by atoms with Gasteiger partial charge in [-0.15, -0.1) is 0 Å². The average Bonchev–Trinajstić information content (AvgIpc) is 3.05. The normalized spacial score (nSPS) is 49.7. The van der Waals surface area contributed by atoms with Crippen molar-refractivity contribution in [3.8, 4) is 0 Å². The van der Waals surface area contributed by atoms with Crippen molar-refractivity contribution in [2.75, 3.05) is 21.2 Å². The molecule has 3 heterocycles. The molecule has 0 radical (unpaired) electrons. The fourth-order valence-corrected chi connectivity index (χ4v) is 8.41. The second-order valence-electron chi connectivity index (χ2n) is 16.5. The van der Waals surface area contributed by atoms with Gasteiger partial charge in [0, 0.05) is 37.3 Å². The minimum absolute atomic E-state index is 0.0936. The number of ether oxygens (including phenoxy) is 6. The van der Waals surface area contributed by atoms with Crippen LogP contribution in [0, 0.1) is 23.7 Å². The van der Waals surface area contributed by atoms with Crippen molar-refractivity contribution in [2.45, 2.75) is 179 Å². The van der Waals surface area contributed by atoms with Crippen LogP contribution in [-0.4, -0.2) is 148 Å². The summed E-state index contributed by atoms with van der Waals surface area (Å²) in [6, 6.07) is -0.324. The van der Waals surface area contributed by atoms with Gasteiger partial charge >= 0.3 is 5.97 Å². The monoisotopic (exact) mass is 733 g/mol. The maximum Gasteiger partial charge on any atom is 0.311 e. The van der Waals surface area contributed by atoms with E-state index in [-0.39, 0.29) is 31.4 Å². The third-order valence-corrected chi connectivity index (χ3v) is 11.8. The van der Waals surface area contributed by atoms with Gasteiger partial charge < -0.3 is 58.9 Å². The molecule has 51 heavy (non-hydrogen) atoms. The molecule has 0 spiro atoms. The predicted octanol–water partition coefficient (Wildman–Crippen LogP) is 1.79. The van der Waals surface area contributed by atoms with Crippen molar-refractivity contribution in [3.63, 3.8) is 0 Å².